The zero-order valence-electron chi connectivity index (χ0n) is 9.65. The van der Waals surface area contributed by atoms with E-state index in [1.165, 1.54) is 0 Å². The second kappa shape index (κ2) is 4.38. The number of nitro groups is 1. The minimum atomic E-state index is -0.322. The molecule has 0 aromatic heterocycles. The number of halogens is 1. The molecule has 0 spiro atoms. The topological polar surface area (TPSA) is 69.2 Å². The largest absolute Gasteiger partial charge is 0.327 e. The standard InChI is InChI=1S/C12H15BrN2O2/c1-8(14)12(4-5-12)7-9-2-3-10(13)6-11(9)15(16)17/h2-3,6,8H,4-5,7,14H2,1H3. The number of nitrogens with two attached hydrogens (primary N) is 1. The molecule has 1 unspecified atom stereocenters. The lowest BCUT2D eigenvalue weighted by Crippen LogP contribution is -2.30. The first kappa shape index (κ1) is 12.5. The molecule has 1 aromatic carbocycles. The molecule has 0 amide bonds. The van der Waals surface area contributed by atoms with Crippen LogP contribution in [0.4, 0.5) is 5.69 Å². The smallest absolute Gasteiger partial charge is 0.273 e. The molecule has 1 aliphatic carbocycles. The monoisotopic (exact) mass is 298 g/mol. The quantitative estimate of drug-likeness (QED) is 0.686. The molecule has 0 saturated heterocycles. The Hall–Kier alpha value is -0.940. The van der Waals surface area contributed by atoms with Gasteiger partial charge in [-0.05, 0) is 37.7 Å². The van der Waals surface area contributed by atoms with Gasteiger partial charge in [0.25, 0.3) is 5.69 Å². The maximum atomic E-state index is 11.0. The van der Waals surface area contributed by atoms with Crippen LogP contribution in [0.15, 0.2) is 22.7 Å². The Balaban J connectivity index is 2.30. The van der Waals surface area contributed by atoms with Gasteiger partial charge in [-0.2, -0.15) is 0 Å². The molecule has 4 nitrogen and oxygen atoms in total. The van der Waals surface area contributed by atoms with E-state index in [4.69, 9.17) is 5.73 Å². The number of nitro benzene ring substituents is 1. The van der Waals surface area contributed by atoms with E-state index in [0.29, 0.717) is 6.42 Å². The molecule has 1 aliphatic rings. The highest BCUT2D eigenvalue weighted by Crippen LogP contribution is 2.51. The summed E-state index contributed by atoms with van der Waals surface area (Å²) in [5.41, 5.74) is 7.01. The van der Waals surface area contributed by atoms with Crippen molar-refractivity contribution in [2.24, 2.45) is 11.1 Å². The lowest BCUT2D eigenvalue weighted by atomic mass is 9.90. The Morgan fingerprint density at radius 1 is 1.59 bits per heavy atom. The molecule has 0 radical (unpaired) electrons. The Bertz CT molecular complexity index is 456. The summed E-state index contributed by atoms with van der Waals surface area (Å²) in [6, 6.07) is 5.32. The van der Waals surface area contributed by atoms with Crippen molar-refractivity contribution in [1.29, 1.82) is 0 Å². The maximum absolute atomic E-state index is 11.0. The van der Waals surface area contributed by atoms with Crippen LogP contribution in [0.5, 0.6) is 0 Å². The number of nitrogens with zero attached hydrogens (tertiary/aromatic N) is 1. The van der Waals surface area contributed by atoms with Crippen molar-refractivity contribution < 1.29 is 4.92 Å². The molecule has 1 fully saturated rings. The number of benzene rings is 1. The first-order chi connectivity index (χ1) is 7.94. The van der Waals surface area contributed by atoms with Gasteiger partial charge in [0, 0.05) is 22.1 Å². The van der Waals surface area contributed by atoms with Crippen molar-refractivity contribution in [3.05, 3.63) is 38.3 Å². The van der Waals surface area contributed by atoms with Crippen LogP contribution in [0.3, 0.4) is 0 Å². The fraction of sp³-hybridized carbons (Fsp3) is 0.500. The molecule has 92 valence electrons. The second-order valence-corrected chi connectivity index (χ2v) is 5.77. The van der Waals surface area contributed by atoms with Gasteiger partial charge in [0.15, 0.2) is 0 Å². The third-order valence-corrected chi connectivity index (χ3v) is 4.14. The fourth-order valence-electron chi connectivity index (χ4n) is 2.19. The van der Waals surface area contributed by atoms with E-state index >= 15 is 0 Å². The van der Waals surface area contributed by atoms with Crippen LogP contribution in [-0.4, -0.2) is 11.0 Å². The second-order valence-electron chi connectivity index (χ2n) is 4.86. The Morgan fingerprint density at radius 2 is 2.24 bits per heavy atom. The van der Waals surface area contributed by atoms with E-state index in [1.807, 2.05) is 19.1 Å². The van der Waals surface area contributed by atoms with Crippen LogP contribution in [0.25, 0.3) is 0 Å². The molecule has 0 bridgehead atoms. The van der Waals surface area contributed by atoms with Crippen LogP contribution in [0, 0.1) is 15.5 Å². The van der Waals surface area contributed by atoms with E-state index in [0.717, 1.165) is 22.9 Å². The minimum absolute atomic E-state index is 0.0819. The average Bonchev–Trinajstić information content (AvgIpc) is 3.01. The van der Waals surface area contributed by atoms with Gasteiger partial charge >= 0.3 is 0 Å². The Kier molecular flexibility index (Phi) is 3.23. The first-order valence-corrected chi connectivity index (χ1v) is 6.42. The van der Waals surface area contributed by atoms with Crippen molar-refractivity contribution in [1.82, 2.24) is 0 Å². The third kappa shape index (κ3) is 2.50. The zero-order valence-corrected chi connectivity index (χ0v) is 11.2. The number of hydrogen-bond donors (Lipinski definition) is 1. The fourth-order valence-corrected chi connectivity index (χ4v) is 2.54. The summed E-state index contributed by atoms with van der Waals surface area (Å²) in [5.74, 6) is 0. The molecule has 0 aliphatic heterocycles. The molecule has 17 heavy (non-hydrogen) atoms. The van der Waals surface area contributed by atoms with E-state index in [2.05, 4.69) is 15.9 Å². The van der Waals surface area contributed by atoms with Gasteiger partial charge in [0.1, 0.15) is 0 Å². The first-order valence-electron chi connectivity index (χ1n) is 5.63. The van der Waals surface area contributed by atoms with Gasteiger partial charge in [0.2, 0.25) is 0 Å². The van der Waals surface area contributed by atoms with Crippen LogP contribution in [-0.2, 0) is 6.42 Å². The summed E-state index contributed by atoms with van der Waals surface area (Å²) >= 11 is 3.26. The van der Waals surface area contributed by atoms with Gasteiger partial charge < -0.3 is 5.73 Å². The third-order valence-electron chi connectivity index (χ3n) is 3.64. The molecule has 1 atom stereocenters. The van der Waals surface area contributed by atoms with E-state index in [-0.39, 0.29) is 22.1 Å². The average molecular weight is 299 g/mol. The SMILES string of the molecule is CC(N)C1(Cc2ccc(Br)cc2[N+](=O)[O-])CC1. The maximum Gasteiger partial charge on any atom is 0.273 e. The highest BCUT2D eigenvalue weighted by atomic mass is 79.9. The van der Waals surface area contributed by atoms with E-state index in [1.54, 1.807) is 6.07 Å². The lowest BCUT2D eigenvalue weighted by molar-refractivity contribution is -0.385. The number of rotatable bonds is 4. The summed E-state index contributed by atoms with van der Waals surface area (Å²) < 4.78 is 0.735. The highest BCUT2D eigenvalue weighted by molar-refractivity contribution is 9.10. The predicted molar refractivity (Wildman–Crippen MR) is 69.8 cm³/mol. The van der Waals surface area contributed by atoms with Gasteiger partial charge in [-0.1, -0.05) is 22.0 Å². The summed E-state index contributed by atoms with van der Waals surface area (Å²) in [6.45, 7) is 1.98. The molecule has 1 aromatic rings. The highest BCUT2D eigenvalue weighted by Gasteiger charge is 2.46. The molecular formula is C12H15BrN2O2. The van der Waals surface area contributed by atoms with Gasteiger partial charge in [-0.25, -0.2) is 0 Å². The molecule has 5 heteroatoms. The minimum Gasteiger partial charge on any atom is -0.327 e. The van der Waals surface area contributed by atoms with Crippen molar-refractivity contribution in [3.8, 4) is 0 Å². The van der Waals surface area contributed by atoms with Crippen LogP contribution in [0.1, 0.15) is 25.3 Å². The molecule has 2 N–H and O–H groups in total. The normalized spacial score (nSPS) is 18.8. The summed E-state index contributed by atoms with van der Waals surface area (Å²) in [5, 5.41) is 11.0. The zero-order chi connectivity index (χ0) is 12.6. The lowest BCUT2D eigenvalue weighted by Gasteiger charge is -2.19. The molecule has 2 rings (SSSR count). The van der Waals surface area contributed by atoms with Gasteiger partial charge in [-0.15, -0.1) is 0 Å². The van der Waals surface area contributed by atoms with Gasteiger partial charge in [-0.3, -0.25) is 10.1 Å². The predicted octanol–water partition coefficient (Wildman–Crippen LogP) is 3.03. The van der Waals surface area contributed by atoms with Gasteiger partial charge in [0.05, 0.1) is 4.92 Å². The Labute approximate surface area is 108 Å². The molecule has 1 saturated carbocycles. The van der Waals surface area contributed by atoms with Crippen molar-refractivity contribution >= 4 is 21.6 Å². The molecule has 0 heterocycles. The molecular weight excluding hydrogens is 284 g/mol. The summed E-state index contributed by atoms with van der Waals surface area (Å²) in [6.07, 6.45) is 2.84. The van der Waals surface area contributed by atoms with Crippen molar-refractivity contribution in [3.63, 3.8) is 0 Å². The Morgan fingerprint density at radius 3 is 2.71 bits per heavy atom. The van der Waals surface area contributed by atoms with Crippen LogP contribution >= 0.6 is 15.9 Å². The van der Waals surface area contributed by atoms with Crippen molar-refractivity contribution in [2.45, 2.75) is 32.2 Å². The summed E-state index contributed by atoms with van der Waals surface area (Å²) in [4.78, 5) is 10.7. The summed E-state index contributed by atoms with van der Waals surface area (Å²) in [7, 11) is 0. The van der Waals surface area contributed by atoms with Crippen molar-refractivity contribution in [2.75, 3.05) is 0 Å². The number of hydrogen-bond acceptors (Lipinski definition) is 3. The van der Waals surface area contributed by atoms with Crippen LogP contribution in [0.2, 0.25) is 0 Å². The van der Waals surface area contributed by atoms with E-state index in [9.17, 15) is 10.1 Å². The van der Waals surface area contributed by atoms with Crippen LogP contribution < -0.4 is 5.73 Å². The van der Waals surface area contributed by atoms with E-state index < -0.39 is 0 Å².